The van der Waals surface area contributed by atoms with Crippen molar-refractivity contribution in [2.45, 2.75) is 32.1 Å². The minimum atomic E-state index is -0.370. The van der Waals surface area contributed by atoms with E-state index in [1.165, 1.54) is 0 Å². The molecule has 2 heteroatoms. The lowest BCUT2D eigenvalue weighted by molar-refractivity contribution is 0.0392. The minimum absolute atomic E-state index is 0.0158. The van der Waals surface area contributed by atoms with Crippen LogP contribution in [0.3, 0.4) is 0 Å². The minimum Gasteiger partial charge on any atom is -0.396 e. The monoisotopic (exact) mass is 196 g/mol. The highest BCUT2D eigenvalue weighted by molar-refractivity contribution is 4.87. The molecule has 2 nitrogen and oxygen atoms in total. The fourth-order valence-corrected chi connectivity index (χ4v) is 1.46. The van der Waals surface area contributed by atoms with Crippen LogP contribution in [0.15, 0.2) is 12.7 Å². The molecule has 0 saturated carbocycles. The summed E-state index contributed by atoms with van der Waals surface area (Å²) in [6, 6.07) is 0. The van der Waals surface area contributed by atoms with Gasteiger partial charge in [0.15, 0.2) is 0 Å². The smallest absolute Gasteiger partial charge is 0.0509 e. The van der Waals surface area contributed by atoms with Crippen LogP contribution in [0.4, 0.5) is 0 Å². The summed E-state index contributed by atoms with van der Waals surface area (Å²) in [5, 5.41) is 18.5. The maximum Gasteiger partial charge on any atom is 0.0509 e. The molecule has 14 heavy (non-hydrogen) atoms. The van der Waals surface area contributed by atoms with Gasteiger partial charge in [0, 0.05) is 11.8 Å². The summed E-state index contributed by atoms with van der Waals surface area (Å²) in [7, 11) is 0. The number of hydrogen-bond donors (Lipinski definition) is 2. The van der Waals surface area contributed by atoms with Crippen molar-refractivity contribution in [3.05, 3.63) is 12.7 Å². The standard InChI is InChI=1S/C12H20O2/c1-3-5-7-9-12(10-13,11-14)8-6-4-2/h1,4,13-14H,2,5-11H2. The summed E-state index contributed by atoms with van der Waals surface area (Å²) in [5.74, 6) is 2.56. The van der Waals surface area contributed by atoms with E-state index in [0.717, 1.165) is 25.7 Å². The van der Waals surface area contributed by atoms with Gasteiger partial charge in [0.1, 0.15) is 0 Å². The molecular formula is C12H20O2. The molecule has 0 aromatic heterocycles. The molecule has 0 atom stereocenters. The molecule has 0 radical (unpaired) electrons. The predicted octanol–water partition coefficient (Wildman–Crippen LogP) is 1.73. The lowest BCUT2D eigenvalue weighted by Crippen LogP contribution is -2.29. The zero-order valence-corrected chi connectivity index (χ0v) is 8.71. The SMILES string of the molecule is C#CCCCC(CO)(CO)CCC=C. The van der Waals surface area contributed by atoms with E-state index >= 15 is 0 Å². The van der Waals surface area contributed by atoms with Gasteiger partial charge in [-0.3, -0.25) is 0 Å². The van der Waals surface area contributed by atoms with E-state index in [2.05, 4.69) is 12.5 Å². The number of aliphatic hydroxyl groups excluding tert-OH is 2. The summed E-state index contributed by atoms with van der Waals surface area (Å²) in [4.78, 5) is 0. The Labute approximate surface area is 86.7 Å². The van der Waals surface area contributed by atoms with E-state index in [0.29, 0.717) is 6.42 Å². The topological polar surface area (TPSA) is 40.5 Å². The van der Waals surface area contributed by atoms with Crippen molar-refractivity contribution in [3.8, 4) is 12.3 Å². The third-order valence-electron chi connectivity index (χ3n) is 2.58. The van der Waals surface area contributed by atoms with E-state index in [4.69, 9.17) is 6.42 Å². The van der Waals surface area contributed by atoms with Gasteiger partial charge in [0.2, 0.25) is 0 Å². The average Bonchev–Trinajstić information content (AvgIpc) is 2.24. The molecule has 0 aromatic rings. The van der Waals surface area contributed by atoms with Gasteiger partial charge in [-0.1, -0.05) is 6.08 Å². The lowest BCUT2D eigenvalue weighted by Gasteiger charge is -2.29. The molecule has 0 amide bonds. The van der Waals surface area contributed by atoms with Crippen LogP contribution >= 0.6 is 0 Å². The fourth-order valence-electron chi connectivity index (χ4n) is 1.46. The van der Waals surface area contributed by atoms with E-state index in [1.807, 2.05) is 0 Å². The van der Waals surface area contributed by atoms with Crippen LogP contribution in [0.1, 0.15) is 32.1 Å². The van der Waals surface area contributed by atoms with Crippen LogP contribution in [0.2, 0.25) is 0 Å². The van der Waals surface area contributed by atoms with Gasteiger partial charge in [-0.25, -0.2) is 0 Å². The van der Waals surface area contributed by atoms with Crippen molar-refractivity contribution in [2.75, 3.05) is 13.2 Å². The molecular weight excluding hydrogens is 176 g/mol. The summed E-state index contributed by atoms with van der Waals surface area (Å²) >= 11 is 0. The van der Waals surface area contributed by atoms with E-state index in [1.54, 1.807) is 6.08 Å². The van der Waals surface area contributed by atoms with Crippen molar-refractivity contribution >= 4 is 0 Å². The first-order valence-electron chi connectivity index (χ1n) is 5.01. The Hall–Kier alpha value is -0.780. The van der Waals surface area contributed by atoms with Gasteiger partial charge >= 0.3 is 0 Å². The number of allylic oxidation sites excluding steroid dienone is 1. The first-order valence-corrected chi connectivity index (χ1v) is 5.01. The highest BCUT2D eigenvalue weighted by atomic mass is 16.3. The van der Waals surface area contributed by atoms with Gasteiger partial charge in [-0.15, -0.1) is 18.9 Å². The third-order valence-corrected chi connectivity index (χ3v) is 2.58. The van der Waals surface area contributed by atoms with E-state index < -0.39 is 0 Å². The Balaban J connectivity index is 4.07. The molecule has 0 rings (SSSR count). The van der Waals surface area contributed by atoms with Gasteiger partial charge < -0.3 is 10.2 Å². The first kappa shape index (κ1) is 13.2. The van der Waals surface area contributed by atoms with Gasteiger partial charge in [0.05, 0.1) is 13.2 Å². The van der Waals surface area contributed by atoms with Crippen LogP contribution in [-0.4, -0.2) is 23.4 Å². The summed E-state index contributed by atoms with van der Waals surface area (Å²) in [6.45, 7) is 3.66. The van der Waals surface area contributed by atoms with Crippen molar-refractivity contribution in [3.63, 3.8) is 0 Å². The first-order chi connectivity index (χ1) is 6.74. The maximum absolute atomic E-state index is 9.26. The molecule has 0 aliphatic heterocycles. The Kier molecular flexibility index (Phi) is 7.18. The van der Waals surface area contributed by atoms with Crippen LogP contribution in [0, 0.1) is 17.8 Å². The Morgan fingerprint density at radius 1 is 1.29 bits per heavy atom. The highest BCUT2D eigenvalue weighted by Crippen LogP contribution is 2.29. The van der Waals surface area contributed by atoms with E-state index in [-0.39, 0.29) is 18.6 Å². The van der Waals surface area contributed by atoms with Gasteiger partial charge in [-0.05, 0) is 25.7 Å². The molecule has 80 valence electrons. The number of aliphatic hydroxyl groups is 2. The number of rotatable bonds is 8. The second-order valence-corrected chi connectivity index (χ2v) is 3.70. The normalized spacial score (nSPS) is 10.9. The molecule has 0 heterocycles. The molecule has 0 fully saturated rings. The zero-order chi connectivity index (χ0) is 10.9. The van der Waals surface area contributed by atoms with Crippen molar-refractivity contribution < 1.29 is 10.2 Å². The number of hydrogen-bond acceptors (Lipinski definition) is 2. The highest BCUT2D eigenvalue weighted by Gasteiger charge is 2.26. The van der Waals surface area contributed by atoms with Crippen LogP contribution in [0.5, 0.6) is 0 Å². The van der Waals surface area contributed by atoms with E-state index in [9.17, 15) is 10.2 Å². The van der Waals surface area contributed by atoms with Crippen LogP contribution in [-0.2, 0) is 0 Å². The molecule has 0 aliphatic carbocycles. The van der Waals surface area contributed by atoms with Crippen LogP contribution < -0.4 is 0 Å². The molecule has 0 saturated heterocycles. The summed E-state index contributed by atoms with van der Waals surface area (Å²) < 4.78 is 0. The third kappa shape index (κ3) is 4.45. The summed E-state index contributed by atoms with van der Waals surface area (Å²) in [6.07, 6.45) is 10.9. The average molecular weight is 196 g/mol. The number of unbranched alkanes of at least 4 members (excludes halogenated alkanes) is 1. The largest absolute Gasteiger partial charge is 0.396 e. The van der Waals surface area contributed by atoms with Gasteiger partial charge in [0.25, 0.3) is 0 Å². The Morgan fingerprint density at radius 2 is 1.93 bits per heavy atom. The molecule has 0 spiro atoms. The Morgan fingerprint density at radius 3 is 2.36 bits per heavy atom. The van der Waals surface area contributed by atoms with Crippen molar-refractivity contribution in [1.82, 2.24) is 0 Å². The lowest BCUT2D eigenvalue weighted by atomic mass is 9.80. The van der Waals surface area contributed by atoms with Gasteiger partial charge in [-0.2, -0.15) is 0 Å². The molecule has 0 aliphatic rings. The summed E-state index contributed by atoms with van der Waals surface area (Å²) in [5.41, 5.74) is -0.370. The molecule has 0 aromatic carbocycles. The molecule has 0 unspecified atom stereocenters. The fraction of sp³-hybridized carbons (Fsp3) is 0.667. The predicted molar refractivity (Wildman–Crippen MR) is 58.7 cm³/mol. The molecule has 0 bridgehead atoms. The quantitative estimate of drug-likeness (QED) is 0.352. The second-order valence-electron chi connectivity index (χ2n) is 3.70. The van der Waals surface area contributed by atoms with Crippen LogP contribution in [0.25, 0.3) is 0 Å². The maximum atomic E-state index is 9.26. The van der Waals surface area contributed by atoms with Crippen molar-refractivity contribution in [2.24, 2.45) is 5.41 Å². The zero-order valence-electron chi connectivity index (χ0n) is 8.71. The Bertz CT molecular complexity index is 187. The molecule has 2 N–H and O–H groups in total. The van der Waals surface area contributed by atoms with Crippen molar-refractivity contribution in [1.29, 1.82) is 0 Å². The second kappa shape index (κ2) is 7.61. The number of terminal acetylenes is 1.